The monoisotopic (exact) mass is 447 g/mol. The first-order valence-corrected chi connectivity index (χ1v) is 10.6. The van der Waals surface area contributed by atoms with Gasteiger partial charge in [-0.25, -0.2) is 4.98 Å². The normalized spacial score (nSPS) is 11.2. The van der Waals surface area contributed by atoms with E-state index in [-0.39, 0.29) is 29.4 Å². The third-order valence-electron chi connectivity index (χ3n) is 4.75. The van der Waals surface area contributed by atoms with Crippen molar-refractivity contribution in [1.82, 2.24) is 19.7 Å². The summed E-state index contributed by atoms with van der Waals surface area (Å²) < 4.78 is 12.5. The Bertz CT molecular complexity index is 1300. The molecule has 0 radical (unpaired) electrons. The SMILES string of the molecule is CC(C)Oc1ccc(C(=O)Nc2cc(-c3ccco3)nn2-c2nc(C(C)C)cc(=O)[nH]2)cc1. The van der Waals surface area contributed by atoms with Crippen LogP contribution < -0.4 is 15.6 Å². The number of nitrogens with zero attached hydrogens (tertiary/aromatic N) is 3. The maximum absolute atomic E-state index is 13.0. The van der Waals surface area contributed by atoms with Crippen molar-refractivity contribution >= 4 is 11.7 Å². The van der Waals surface area contributed by atoms with E-state index in [0.717, 1.165) is 0 Å². The number of ether oxygens (including phenoxy) is 1. The number of carbonyl (C=O) groups is 1. The predicted octanol–water partition coefficient (Wildman–Crippen LogP) is 4.38. The standard InChI is InChI=1S/C24H25N5O4/c1-14(2)18-13-22(30)27-24(25-18)29-21(12-19(28-29)20-6-5-11-32-20)26-23(31)16-7-9-17(10-8-16)33-15(3)4/h5-15H,1-4H3,(H,26,31)(H,25,27,30). The smallest absolute Gasteiger partial charge is 0.256 e. The molecular weight excluding hydrogens is 422 g/mol. The summed E-state index contributed by atoms with van der Waals surface area (Å²) in [5.41, 5.74) is 1.22. The van der Waals surface area contributed by atoms with Crippen LogP contribution in [-0.4, -0.2) is 31.8 Å². The van der Waals surface area contributed by atoms with E-state index in [1.54, 1.807) is 42.5 Å². The molecule has 4 rings (SSSR count). The third kappa shape index (κ3) is 5.03. The molecule has 3 heterocycles. The first-order chi connectivity index (χ1) is 15.8. The fraction of sp³-hybridized carbons (Fsp3) is 0.250. The summed E-state index contributed by atoms with van der Waals surface area (Å²) in [6.45, 7) is 7.76. The number of amides is 1. The Morgan fingerprint density at radius 3 is 2.52 bits per heavy atom. The molecule has 0 bridgehead atoms. The van der Waals surface area contributed by atoms with Crippen LogP contribution in [0.5, 0.6) is 5.75 Å². The Kier molecular flexibility index (Phi) is 6.12. The van der Waals surface area contributed by atoms with Gasteiger partial charge in [0.05, 0.1) is 18.1 Å². The van der Waals surface area contributed by atoms with Gasteiger partial charge in [-0.2, -0.15) is 9.78 Å². The number of benzene rings is 1. The molecule has 2 N–H and O–H groups in total. The Labute approximate surface area is 190 Å². The summed E-state index contributed by atoms with van der Waals surface area (Å²) in [7, 11) is 0. The number of aromatic amines is 1. The Hall–Kier alpha value is -4.14. The second-order valence-electron chi connectivity index (χ2n) is 8.10. The molecule has 0 fully saturated rings. The number of H-pyrrole nitrogens is 1. The molecule has 0 aliphatic carbocycles. The number of nitrogens with one attached hydrogen (secondary N) is 2. The van der Waals surface area contributed by atoms with Gasteiger partial charge in [0.2, 0.25) is 5.95 Å². The van der Waals surface area contributed by atoms with E-state index in [1.165, 1.54) is 17.0 Å². The molecule has 170 valence electrons. The molecular formula is C24H25N5O4. The predicted molar refractivity (Wildman–Crippen MR) is 124 cm³/mol. The van der Waals surface area contributed by atoms with Crippen LogP contribution in [0.2, 0.25) is 0 Å². The number of furan rings is 1. The zero-order valence-electron chi connectivity index (χ0n) is 18.8. The van der Waals surface area contributed by atoms with Gasteiger partial charge in [-0.15, -0.1) is 0 Å². The molecule has 0 aliphatic heterocycles. The van der Waals surface area contributed by atoms with Crippen LogP contribution in [0.15, 0.2) is 64.0 Å². The minimum absolute atomic E-state index is 0.0373. The lowest BCUT2D eigenvalue weighted by molar-refractivity contribution is 0.102. The molecule has 9 heteroatoms. The number of carbonyl (C=O) groups excluding carboxylic acids is 1. The molecule has 4 aromatic rings. The van der Waals surface area contributed by atoms with Crippen molar-refractivity contribution in [2.24, 2.45) is 0 Å². The van der Waals surface area contributed by atoms with Gasteiger partial charge in [-0.3, -0.25) is 14.6 Å². The van der Waals surface area contributed by atoms with Gasteiger partial charge >= 0.3 is 0 Å². The van der Waals surface area contributed by atoms with Gasteiger partial charge in [-0.1, -0.05) is 13.8 Å². The first-order valence-electron chi connectivity index (χ1n) is 10.6. The summed E-state index contributed by atoms with van der Waals surface area (Å²) in [6, 6.07) is 13.5. The second-order valence-corrected chi connectivity index (χ2v) is 8.10. The molecule has 1 amide bonds. The summed E-state index contributed by atoms with van der Waals surface area (Å²) in [6.07, 6.45) is 1.57. The molecule has 0 spiro atoms. The quantitative estimate of drug-likeness (QED) is 0.434. The Morgan fingerprint density at radius 2 is 1.88 bits per heavy atom. The van der Waals surface area contributed by atoms with E-state index in [1.807, 2.05) is 27.7 Å². The summed E-state index contributed by atoms with van der Waals surface area (Å²) in [5, 5.41) is 7.37. The highest BCUT2D eigenvalue weighted by Gasteiger charge is 2.18. The maximum Gasteiger partial charge on any atom is 0.256 e. The van der Waals surface area contributed by atoms with Crippen molar-refractivity contribution in [1.29, 1.82) is 0 Å². The van der Waals surface area contributed by atoms with E-state index in [9.17, 15) is 9.59 Å². The summed E-state index contributed by atoms with van der Waals surface area (Å²) in [4.78, 5) is 32.4. The van der Waals surface area contributed by atoms with Crippen molar-refractivity contribution in [3.05, 3.63) is 76.4 Å². The van der Waals surface area contributed by atoms with Crippen LogP contribution in [0, 0.1) is 0 Å². The lowest BCUT2D eigenvalue weighted by Crippen LogP contribution is -2.19. The minimum Gasteiger partial charge on any atom is -0.491 e. The number of rotatable bonds is 7. The van der Waals surface area contributed by atoms with E-state index in [2.05, 4.69) is 20.4 Å². The average molecular weight is 447 g/mol. The topological polar surface area (TPSA) is 115 Å². The Balaban J connectivity index is 1.70. The molecule has 9 nitrogen and oxygen atoms in total. The van der Waals surface area contributed by atoms with Crippen LogP contribution in [0.3, 0.4) is 0 Å². The highest BCUT2D eigenvalue weighted by Crippen LogP contribution is 2.25. The lowest BCUT2D eigenvalue weighted by Gasteiger charge is -2.11. The van der Waals surface area contributed by atoms with E-state index in [4.69, 9.17) is 9.15 Å². The molecule has 0 unspecified atom stereocenters. The highest BCUT2D eigenvalue weighted by molar-refractivity contribution is 6.04. The third-order valence-corrected chi connectivity index (χ3v) is 4.75. The second kappa shape index (κ2) is 9.15. The first kappa shape index (κ1) is 22.1. The molecule has 0 aliphatic rings. The Morgan fingerprint density at radius 1 is 1.12 bits per heavy atom. The zero-order valence-corrected chi connectivity index (χ0v) is 18.8. The van der Waals surface area contributed by atoms with Crippen LogP contribution >= 0.6 is 0 Å². The van der Waals surface area contributed by atoms with Gasteiger partial charge in [0.1, 0.15) is 17.3 Å². The van der Waals surface area contributed by atoms with Gasteiger partial charge in [0.15, 0.2) is 5.76 Å². The molecule has 3 aromatic heterocycles. The van der Waals surface area contributed by atoms with Gasteiger partial charge in [0, 0.05) is 17.7 Å². The fourth-order valence-electron chi connectivity index (χ4n) is 3.18. The van der Waals surface area contributed by atoms with Crippen molar-refractivity contribution in [3.63, 3.8) is 0 Å². The number of hydrogen-bond acceptors (Lipinski definition) is 6. The maximum atomic E-state index is 13.0. The molecule has 1 aromatic carbocycles. The van der Waals surface area contributed by atoms with E-state index < -0.39 is 0 Å². The fourth-order valence-corrected chi connectivity index (χ4v) is 3.18. The number of hydrogen-bond donors (Lipinski definition) is 2. The van der Waals surface area contributed by atoms with Crippen molar-refractivity contribution in [2.45, 2.75) is 39.7 Å². The van der Waals surface area contributed by atoms with Crippen molar-refractivity contribution in [3.8, 4) is 23.2 Å². The van der Waals surface area contributed by atoms with Gasteiger partial charge < -0.3 is 14.5 Å². The lowest BCUT2D eigenvalue weighted by atomic mass is 10.1. The summed E-state index contributed by atoms with van der Waals surface area (Å²) in [5.74, 6) is 1.41. The zero-order chi connectivity index (χ0) is 23.5. The van der Waals surface area contributed by atoms with Gasteiger partial charge in [-0.05, 0) is 56.2 Å². The van der Waals surface area contributed by atoms with Crippen LogP contribution in [0.1, 0.15) is 49.7 Å². The van der Waals surface area contributed by atoms with Gasteiger partial charge in [0.25, 0.3) is 11.5 Å². The van der Waals surface area contributed by atoms with Crippen LogP contribution in [-0.2, 0) is 0 Å². The highest BCUT2D eigenvalue weighted by atomic mass is 16.5. The average Bonchev–Trinajstić information content (AvgIpc) is 3.43. The number of anilines is 1. The number of aromatic nitrogens is 4. The molecule has 0 saturated carbocycles. The van der Waals surface area contributed by atoms with E-state index in [0.29, 0.717) is 34.3 Å². The van der Waals surface area contributed by atoms with Crippen LogP contribution in [0.4, 0.5) is 5.82 Å². The minimum atomic E-state index is -0.347. The summed E-state index contributed by atoms with van der Waals surface area (Å²) >= 11 is 0. The van der Waals surface area contributed by atoms with E-state index >= 15 is 0 Å². The molecule has 0 saturated heterocycles. The molecule has 0 atom stereocenters. The molecule has 33 heavy (non-hydrogen) atoms. The largest absolute Gasteiger partial charge is 0.491 e. The van der Waals surface area contributed by atoms with Crippen molar-refractivity contribution in [2.75, 3.05) is 5.32 Å². The van der Waals surface area contributed by atoms with Crippen molar-refractivity contribution < 1.29 is 13.9 Å². The van der Waals surface area contributed by atoms with Crippen LogP contribution in [0.25, 0.3) is 17.4 Å².